The van der Waals surface area contributed by atoms with Gasteiger partial charge in [-0.05, 0) is 54.8 Å². The number of nitrogens with two attached hydrogens (primary N) is 1. The summed E-state index contributed by atoms with van der Waals surface area (Å²) in [6, 6.07) is 0. The Bertz CT molecular complexity index is 246. The van der Waals surface area contributed by atoms with E-state index in [4.69, 9.17) is 5.73 Å². The zero-order valence-corrected chi connectivity index (χ0v) is 11.0. The van der Waals surface area contributed by atoms with E-state index < -0.39 is 0 Å². The molecule has 0 radical (unpaired) electrons. The SMILES string of the molecule is CC12CC3CC(C1)CC(N)(C3)C2(C)C.Cl. The van der Waals surface area contributed by atoms with Crippen molar-refractivity contribution >= 4 is 12.4 Å². The molecule has 2 atom stereocenters. The Kier molecular flexibility index (Phi) is 2.29. The van der Waals surface area contributed by atoms with Gasteiger partial charge in [0.15, 0.2) is 0 Å². The number of rotatable bonds is 0. The third-order valence-corrected chi connectivity index (χ3v) is 6.20. The molecule has 4 fully saturated rings. The molecular formula is C13H24ClN. The van der Waals surface area contributed by atoms with E-state index in [1.807, 2.05) is 0 Å². The molecule has 4 rings (SSSR count). The van der Waals surface area contributed by atoms with Crippen molar-refractivity contribution in [3.05, 3.63) is 0 Å². The van der Waals surface area contributed by atoms with E-state index in [-0.39, 0.29) is 17.9 Å². The minimum atomic E-state index is 0. The summed E-state index contributed by atoms with van der Waals surface area (Å²) in [4.78, 5) is 0. The van der Waals surface area contributed by atoms with E-state index in [1.165, 1.54) is 32.1 Å². The first-order valence-electron chi connectivity index (χ1n) is 6.15. The van der Waals surface area contributed by atoms with E-state index in [0.29, 0.717) is 10.8 Å². The van der Waals surface area contributed by atoms with Crippen LogP contribution in [0.4, 0.5) is 0 Å². The van der Waals surface area contributed by atoms with Crippen molar-refractivity contribution in [2.24, 2.45) is 28.4 Å². The molecule has 0 amide bonds. The van der Waals surface area contributed by atoms with Crippen LogP contribution < -0.4 is 5.73 Å². The zero-order valence-electron chi connectivity index (χ0n) is 10.2. The lowest BCUT2D eigenvalue weighted by Gasteiger charge is -2.69. The van der Waals surface area contributed by atoms with E-state index >= 15 is 0 Å². The summed E-state index contributed by atoms with van der Waals surface area (Å²) >= 11 is 0. The first kappa shape index (κ1) is 11.7. The van der Waals surface area contributed by atoms with Crippen molar-refractivity contribution in [1.82, 2.24) is 0 Å². The Morgan fingerprint density at radius 1 is 0.933 bits per heavy atom. The van der Waals surface area contributed by atoms with Crippen LogP contribution in [0.2, 0.25) is 0 Å². The van der Waals surface area contributed by atoms with E-state index in [1.54, 1.807) is 0 Å². The fraction of sp³-hybridized carbons (Fsp3) is 1.00. The molecule has 4 saturated carbocycles. The van der Waals surface area contributed by atoms with Crippen LogP contribution in [-0.4, -0.2) is 5.54 Å². The molecule has 4 aliphatic rings. The lowest BCUT2D eigenvalue weighted by atomic mass is 9.38. The Balaban J connectivity index is 0.000000853. The summed E-state index contributed by atoms with van der Waals surface area (Å²) in [5.41, 5.74) is 7.73. The number of halogens is 1. The van der Waals surface area contributed by atoms with Gasteiger partial charge in [-0.15, -0.1) is 12.4 Å². The maximum atomic E-state index is 6.68. The first-order chi connectivity index (χ1) is 6.36. The summed E-state index contributed by atoms with van der Waals surface area (Å²) in [6.07, 6.45) is 6.95. The highest BCUT2D eigenvalue weighted by molar-refractivity contribution is 5.85. The number of hydrogen-bond acceptors (Lipinski definition) is 1. The van der Waals surface area contributed by atoms with Crippen LogP contribution in [0.3, 0.4) is 0 Å². The monoisotopic (exact) mass is 229 g/mol. The molecule has 4 aliphatic carbocycles. The highest BCUT2D eigenvalue weighted by atomic mass is 35.5. The molecule has 88 valence electrons. The van der Waals surface area contributed by atoms with Gasteiger partial charge in [-0.25, -0.2) is 0 Å². The minimum absolute atomic E-state index is 0. The third-order valence-electron chi connectivity index (χ3n) is 6.20. The standard InChI is InChI=1S/C13H23N.ClH/c1-11(2)12(3)5-9-4-10(6-12)8-13(11,14)7-9;/h9-10H,4-8,14H2,1-3H3;1H. The first-order valence-corrected chi connectivity index (χ1v) is 6.15. The van der Waals surface area contributed by atoms with Crippen molar-refractivity contribution in [3.63, 3.8) is 0 Å². The van der Waals surface area contributed by atoms with Gasteiger partial charge in [-0.3, -0.25) is 0 Å². The van der Waals surface area contributed by atoms with Crippen molar-refractivity contribution in [1.29, 1.82) is 0 Å². The Morgan fingerprint density at radius 2 is 1.40 bits per heavy atom. The van der Waals surface area contributed by atoms with Gasteiger partial charge in [0, 0.05) is 5.54 Å². The second-order valence-corrected chi connectivity index (χ2v) is 7.13. The molecule has 0 aliphatic heterocycles. The summed E-state index contributed by atoms with van der Waals surface area (Å²) < 4.78 is 0. The van der Waals surface area contributed by atoms with Gasteiger partial charge >= 0.3 is 0 Å². The molecule has 15 heavy (non-hydrogen) atoms. The van der Waals surface area contributed by atoms with Gasteiger partial charge in [0.25, 0.3) is 0 Å². The number of hydrogen-bond donors (Lipinski definition) is 1. The van der Waals surface area contributed by atoms with Gasteiger partial charge in [0.1, 0.15) is 0 Å². The quantitative estimate of drug-likeness (QED) is 0.677. The normalized spacial score (nSPS) is 55.2. The Morgan fingerprint density at radius 3 is 1.80 bits per heavy atom. The van der Waals surface area contributed by atoms with E-state index in [2.05, 4.69) is 20.8 Å². The largest absolute Gasteiger partial charge is 0.325 e. The van der Waals surface area contributed by atoms with Crippen molar-refractivity contribution < 1.29 is 0 Å². The maximum Gasteiger partial charge on any atom is 0.0216 e. The summed E-state index contributed by atoms with van der Waals surface area (Å²) in [7, 11) is 0. The Labute approximate surface area is 99.6 Å². The second-order valence-electron chi connectivity index (χ2n) is 7.13. The predicted molar refractivity (Wildman–Crippen MR) is 66.1 cm³/mol. The van der Waals surface area contributed by atoms with Gasteiger partial charge in [-0.2, -0.15) is 0 Å². The van der Waals surface area contributed by atoms with Crippen LogP contribution in [0.25, 0.3) is 0 Å². The summed E-state index contributed by atoms with van der Waals surface area (Å²) in [6.45, 7) is 7.33. The molecule has 1 nitrogen and oxygen atoms in total. The molecule has 0 heterocycles. The van der Waals surface area contributed by atoms with Gasteiger partial charge in [0.2, 0.25) is 0 Å². The second kappa shape index (κ2) is 2.92. The van der Waals surface area contributed by atoms with Gasteiger partial charge in [0.05, 0.1) is 0 Å². The van der Waals surface area contributed by atoms with Crippen LogP contribution in [0.5, 0.6) is 0 Å². The summed E-state index contributed by atoms with van der Waals surface area (Å²) in [5.74, 6) is 1.90. The third kappa shape index (κ3) is 1.20. The predicted octanol–water partition coefficient (Wildman–Crippen LogP) is 3.36. The van der Waals surface area contributed by atoms with Crippen molar-refractivity contribution in [2.75, 3.05) is 0 Å². The van der Waals surface area contributed by atoms with Crippen LogP contribution >= 0.6 is 12.4 Å². The minimum Gasteiger partial charge on any atom is -0.325 e. The molecule has 0 aromatic heterocycles. The highest BCUT2D eigenvalue weighted by Crippen LogP contribution is 2.68. The topological polar surface area (TPSA) is 26.0 Å². The van der Waals surface area contributed by atoms with E-state index in [9.17, 15) is 0 Å². The molecule has 2 unspecified atom stereocenters. The average molecular weight is 230 g/mol. The van der Waals surface area contributed by atoms with Crippen molar-refractivity contribution in [2.45, 2.75) is 58.4 Å². The molecule has 4 bridgehead atoms. The molecule has 0 aromatic carbocycles. The Hall–Kier alpha value is 0.250. The zero-order chi connectivity index (χ0) is 10.2. The lowest BCUT2D eigenvalue weighted by Crippen LogP contribution is -2.70. The molecule has 0 spiro atoms. The van der Waals surface area contributed by atoms with Gasteiger partial charge < -0.3 is 5.73 Å². The average Bonchev–Trinajstić information content (AvgIpc) is 1.98. The molecule has 2 N–H and O–H groups in total. The molecular weight excluding hydrogens is 206 g/mol. The lowest BCUT2D eigenvalue weighted by molar-refractivity contribution is -0.163. The fourth-order valence-electron chi connectivity index (χ4n) is 5.04. The van der Waals surface area contributed by atoms with E-state index in [0.717, 1.165) is 11.8 Å². The maximum absolute atomic E-state index is 6.68. The van der Waals surface area contributed by atoms with Crippen LogP contribution in [0.1, 0.15) is 52.9 Å². The van der Waals surface area contributed by atoms with Crippen molar-refractivity contribution in [3.8, 4) is 0 Å². The van der Waals surface area contributed by atoms with Crippen LogP contribution in [-0.2, 0) is 0 Å². The smallest absolute Gasteiger partial charge is 0.0216 e. The molecule has 2 heteroatoms. The highest BCUT2D eigenvalue weighted by Gasteiger charge is 2.64. The van der Waals surface area contributed by atoms with Crippen LogP contribution in [0, 0.1) is 22.7 Å². The fourth-order valence-corrected chi connectivity index (χ4v) is 5.04. The van der Waals surface area contributed by atoms with Gasteiger partial charge in [-0.1, -0.05) is 20.8 Å². The van der Waals surface area contributed by atoms with Crippen LogP contribution in [0.15, 0.2) is 0 Å². The molecule has 0 aromatic rings. The summed E-state index contributed by atoms with van der Waals surface area (Å²) in [5, 5.41) is 0. The molecule has 0 saturated heterocycles.